The largest absolute Gasteiger partial charge is 0.493 e. The predicted octanol–water partition coefficient (Wildman–Crippen LogP) is 4.34. The molecular weight excluding hydrogens is 308 g/mol. The van der Waals surface area contributed by atoms with Gasteiger partial charge >= 0.3 is 0 Å². The van der Waals surface area contributed by atoms with Crippen LogP contribution in [0.5, 0.6) is 5.75 Å². The smallest absolute Gasteiger partial charge is 0.233 e. The van der Waals surface area contributed by atoms with E-state index >= 15 is 0 Å². The Morgan fingerprint density at radius 3 is 2.29 bits per heavy atom. The van der Waals surface area contributed by atoms with Gasteiger partial charge in [-0.25, -0.2) is 8.42 Å². The second kappa shape index (κ2) is 7.50. The Kier molecular flexibility index (Phi) is 6.54. The second-order valence-electron chi connectivity index (χ2n) is 6.20. The van der Waals surface area contributed by atoms with Gasteiger partial charge in [-0.1, -0.05) is 39.8 Å². The van der Waals surface area contributed by atoms with Crippen LogP contribution in [-0.2, 0) is 9.05 Å². The molecule has 1 unspecified atom stereocenters. The Bertz CT molecular complexity index is 565. The maximum absolute atomic E-state index is 11.3. The van der Waals surface area contributed by atoms with Crippen molar-refractivity contribution < 1.29 is 13.2 Å². The summed E-state index contributed by atoms with van der Waals surface area (Å²) in [5, 5.41) is 0. The fourth-order valence-corrected chi connectivity index (χ4v) is 3.49. The first-order valence-electron chi connectivity index (χ1n) is 7.26. The summed E-state index contributed by atoms with van der Waals surface area (Å²) in [5.74, 6) is 1.26. The molecule has 120 valence electrons. The average Bonchev–Trinajstić information content (AvgIpc) is 2.34. The number of halogens is 1. The van der Waals surface area contributed by atoms with Crippen molar-refractivity contribution in [2.45, 2.75) is 40.5 Å². The van der Waals surface area contributed by atoms with Crippen LogP contribution in [0, 0.1) is 18.8 Å². The zero-order valence-electron chi connectivity index (χ0n) is 13.4. The monoisotopic (exact) mass is 332 g/mol. The first kappa shape index (κ1) is 18.3. The zero-order valence-corrected chi connectivity index (χ0v) is 15.0. The number of ether oxygens (including phenoxy) is 1. The van der Waals surface area contributed by atoms with Crippen molar-refractivity contribution >= 4 is 19.7 Å². The number of aryl methyl sites for hydroxylation is 1. The van der Waals surface area contributed by atoms with Gasteiger partial charge in [-0.3, -0.25) is 0 Å². The molecule has 0 heterocycles. The van der Waals surface area contributed by atoms with E-state index < -0.39 is 9.05 Å². The molecule has 1 atom stereocenters. The van der Waals surface area contributed by atoms with Crippen LogP contribution in [0.2, 0.25) is 0 Å². The van der Waals surface area contributed by atoms with Gasteiger partial charge < -0.3 is 4.74 Å². The van der Waals surface area contributed by atoms with Crippen LogP contribution in [0.1, 0.15) is 44.7 Å². The Hall–Kier alpha value is -0.740. The maximum Gasteiger partial charge on any atom is 0.233 e. The molecule has 3 nitrogen and oxygen atoms in total. The molecular formula is C16H25ClO3S. The summed E-state index contributed by atoms with van der Waals surface area (Å²) >= 11 is 0. The molecule has 0 fully saturated rings. The lowest BCUT2D eigenvalue weighted by Crippen LogP contribution is -2.24. The van der Waals surface area contributed by atoms with Crippen molar-refractivity contribution in [3.05, 3.63) is 29.3 Å². The van der Waals surface area contributed by atoms with E-state index in [2.05, 4.69) is 19.9 Å². The van der Waals surface area contributed by atoms with Gasteiger partial charge in [-0.2, -0.15) is 0 Å². The molecule has 0 spiro atoms. The van der Waals surface area contributed by atoms with Crippen LogP contribution in [0.3, 0.4) is 0 Å². The van der Waals surface area contributed by atoms with Crippen LogP contribution in [-0.4, -0.2) is 20.8 Å². The van der Waals surface area contributed by atoms with Crippen LogP contribution in [0.4, 0.5) is 0 Å². The van der Waals surface area contributed by atoms with Crippen molar-refractivity contribution in [1.82, 2.24) is 0 Å². The normalized spacial score (nSPS) is 13.7. The van der Waals surface area contributed by atoms with Gasteiger partial charge in [0.25, 0.3) is 0 Å². The minimum Gasteiger partial charge on any atom is -0.493 e. The third-order valence-corrected chi connectivity index (χ3v) is 4.89. The van der Waals surface area contributed by atoms with Gasteiger partial charge in [0.05, 0.1) is 12.4 Å². The summed E-state index contributed by atoms with van der Waals surface area (Å²) in [6.45, 7) is 10.6. The highest BCUT2D eigenvalue weighted by Gasteiger charge is 2.21. The van der Waals surface area contributed by atoms with Crippen molar-refractivity contribution in [3.8, 4) is 5.75 Å². The quantitative estimate of drug-likeness (QED) is 0.698. The Morgan fingerprint density at radius 1 is 1.19 bits per heavy atom. The highest BCUT2D eigenvalue weighted by atomic mass is 35.7. The van der Waals surface area contributed by atoms with Gasteiger partial charge in [0, 0.05) is 16.6 Å². The summed E-state index contributed by atoms with van der Waals surface area (Å²) in [6, 6.07) is 6.16. The second-order valence-corrected chi connectivity index (χ2v) is 9.02. The van der Waals surface area contributed by atoms with E-state index in [0.29, 0.717) is 12.5 Å². The van der Waals surface area contributed by atoms with E-state index in [4.69, 9.17) is 15.4 Å². The number of hydrogen-bond acceptors (Lipinski definition) is 3. The van der Waals surface area contributed by atoms with E-state index in [0.717, 1.165) is 11.3 Å². The molecule has 0 radical (unpaired) electrons. The number of hydrogen-bond donors (Lipinski definition) is 0. The molecule has 0 N–H and O–H groups in total. The number of rotatable bonds is 7. The summed E-state index contributed by atoms with van der Waals surface area (Å²) in [7, 11) is 1.86. The Morgan fingerprint density at radius 2 is 1.81 bits per heavy atom. The molecule has 0 aliphatic rings. The average molecular weight is 333 g/mol. The SMILES string of the molecule is Cc1ccc(C(C)C)cc1OCC(CS(=O)(=O)Cl)C(C)C. The standard InChI is InChI=1S/C16H25ClO3S/c1-11(2)14-7-6-13(5)16(8-14)20-9-15(12(3)4)10-21(17,18)19/h6-8,11-12,15H,9-10H2,1-5H3. The molecule has 21 heavy (non-hydrogen) atoms. The molecule has 1 aromatic carbocycles. The Balaban J connectivity index is 2.82. The van der Waals surface area contributed by atoms with Gasteiger partial charge in [0.2, 0.25) is 9.05 Å². The lowest BCUT2D eigenvalue weighted by molar-refractivity contribution is 0.224. The van der Waals surface area contributed by atoms with Gasteiger partial charge in [0.15, 0.2) is 0 Å². The molecule has 0 saturated carbocycles. The van der Waals surface area contributed by atoms with Gasteiger partial charge in [0.1, 0.15) is 5.75 Å². The van der Waals surface area contributed by atoms with E-state index in [9.17, 15) is 8.42 Å². The highest BCUT2D eigenvalue weighted by Crippen LogP contribution is 2.26. The van der Waals surface area contributed by atoms with E-state index in [1.807, 2.05) is 32.9 Å². The number of benzene rings is 1. The Labute approximate surface area is 133 Å². The molecule has 5 heteroatoms. The molecule has 0 bridgehead atoms. The maximum atomic E-state index is 11.3. The van der Waals surface area contributed by atoms with E-state index in [-0.39, 0.29) is 17.6 Å². The first-order valence-corrected chi connectivity index (χ1v) is 9.73. The molecule has 0 saturated heterocycles. The third-order valence-electron chi connectivity index (χ3n) is 3.69. The molecule has 0 aliphatic heterocycles. The van der Waals surface area contributed by atoms with Crippen LogP contribution in [0.15, 0.2) is 18.2 Å². The molecule has 0 aliphatic carbocycles. The summed E-state index contributed by atoms with van der Waals surface area (Å²) in [4.78, 5) is 0. The highest BCUT2D eigenvalue weighted by molar-refractivity contribution is 8.13. The summed E-state index contributed by atoms with van der Waals surface area (Å²) < 4.78 is 28.4. The minimum atomic E-state index is -3.51. The minimum absolute atomic E-state index is 0.0604. The van der Waals surface area contributed by atoms with Crippen molar-refractivity contribution in [2.75, 3.05) is 12.4 Å². The molecule has 0 amide bonds. The lowest BCUT2D eigenvalue weighted by atomic mass is 9.98. The van der Waals surface area contributed by atoms with Crippen molar-refractivity contribution in [1.29, 1.82) is 0 Å². The van der Waals surface area contributed by atoms with Crippen LogP contribution >= 0.6 is 10.7 Å². The van der Waals surface area contributed by atoms with Gasteiger partial charge in [-0.05, 0) is 36.0 Å². The van der Waals surface area contributed by atoms with Crippen LogP contribution in [0.25, 0.3) is 0 Å². The van der Waals surface area contributed by atoms with Crippen molar-refractivity contribution in [3.63, 3.8) is 0 Å². The topological polar surface area (TPSA) is 43.4 Å². The van der Waals surface area contributed by atoms with Crippen molar-refractivity contribution in [2.24, 2.45) is 11.8 Å². The first-order chi connectivity index (χ1) is 9.60. The third kappa shape index (κ3) is 6.27. The van der Waals surface area contributed by atoms with E-state index in [1.165, 1.54) is 5.56 Å². The lowest BCUT2D eigenvalue weighted by Gasteiger charge is -2.21. The fourth-order valence-electron chi connectivity index (χ4n) is 2.02. The zero-order chi connectivity index (χ0) is 16.2. The molecule has 1 aromatic rings. The summed E-state index contributed by atoms with van der Waals surface area (Å²) in [6.07, 6.45) is 0. The van der Waals surface area contributed by atoms with Crippen LogP contribution < -0.4 is 4.74 Å². The molecule has 0 aromatic heterocycles. The van der Waals surface area contributed by atoms with Gasteiger partial charge in [-0.15, -0.1) is 0 Å². The fraction of sp³-hybridized carbons (Fsp3) is 0.625. The molecule has 1 rings (SSSR count). The summed E-state index contributed by atoms with van der Waals surface area (Å²) in [5.41, 5.74) is 2.26. The van der Waals surface area contributed by atoms with E-state index in [1.54, 1.807) is 0 Å². The predicted molar refractivity (Wildman–Crippen MR) is 88.7 cm³/mol.